The van der Waals surface area contributed by atoms with Crippen LogP contribution in [-0.2, 0) is 6.61 Å². The average molecular weight is 356 g/mol. The number of para-hydroxylation sites is 1. The fourth-order valence-corrected chi connectivity index (χ4v) is 2.91. The van der Waals surface area contributed by atoms with Gasteiger partial charge in [0.2, 0.25) is 0 Å². The molecule has 7 nitrogen and oxygen atoms in total. The van der Waals surface area contributed by atoms with Crippen LogP contribution in [0.25, 0.3) is 11.3 Å². The maximum atomic E-state index is 11.2. The minimum atomic E-state index is -1.06. The van der Waals surface area contributed by atoms with Crippen LogP contribution in [0.1, 0.15) is 15.4 Å². The quantitative estimate of drug-likeness (QED) is 0.529. The summed E-state index contributed by atoms with van der Waals surface area (Å²) in [5.74, 6) is -0.797. The maximum absolute atomic E-state index is 11.2. The third kappa shape index (κ3) is 3.81. The van der Waals surface area contributed by atoms with Crippen molar-refractivity contribution in [3.63, 3.8) is 0 Å². The van der Waals surface area contributed by atoms with E-state index in [1.165, 1.54) is 29.5 Å². The van der Waals surface area contributed by atoms with Gasteiger partial charge in [-0.05, 0) is 12.1 Å². The summed E-state index contributed by atoms with van der Waals surface area (Å²) in [7, 11) is 0. The molecule has 0 aliphatic rings. The molecule has 1 N–H and O–H groups in total. The predicted octanol–water partition coefficient (Wildman–Crippen LogP) is 4.00. The molecule has 0 radical (unpaired) electrons. The van der Waals surface area contributed by atoms with Crippen LogP contribution in [0, 0.1) is 10.1 Å². The zero-order valence-electron chi connectivity index (χ0n) is 12.8. The zero-order chi connectivity index (χ0) is 17.8. The zero-order valence-corrected chi connectivity index (χ0v) is 13.6. The van der Waals surface area contributed by atoms with Crippen molar-refractivity contribution in [3.8, 4) is 17.0 Å². The van der Waals surface area contributed by atoms with Crippen LogP contribution in [0.2, 0.25) is 0 Å². The molecule has 0 aliphatic carbocycles. The number of carbonyl (C=O) groups is 1. The van der Waals surface area contributed by atoms with E-state index < -0.39 is 10.9 Å². The van der Waals surface area contributed by atoms with Crippen molar-refractivity contribution in [1.29, 1.82) is 0 Å². The third-order valence-corrected chi connectivity index (χ3v) is 4.20. The monoisotopic (exact) mass is 356 g/mol. The Bertz CT molecular complexity index is 938. The minimum absolute atomic E-state index is 0.00122. The molecule has 0 spiro atoms. The molecule has 0 fully saturated rings. The van der Waals surface area contributed by atoms with Gasteiger partial charge in [0.05, 0.1) is 10.6 Å². The molecule has 0 unspecified atom stereocenters. The van der Waals surface area contributed by atoms with E-state index in [4.69, 9.17) is 9.84 Å². The molecule has 0 bridgehead atoms. The molecule has 3 aromatic rings. The summed E-state index contributed by atoms with van der Waals surface area (Å²) in [6, 6.07) is 12.6. The van der Waals surface area contributed by atoms with Crippen LogP contribution >= 0.6 is 11.3 Å². The van der Waals surface area contributed by atoms with Crippen molar-refractivity contribution in [1.82, 2.24) is 4.98 Å². The number of non-ortho nitro benzene ring substituents is 1. The van der Waals surface area contributed by atoms with Crippen molar-refractivity contribution < 1.29 is 19.6 Å². The molecule has 8 heteroatoms. The first kappa shape index (κ1) is 16.6. The lowest BCUT2D eigenvalue weighted by atomic mass is 10.1. The molecular formula is C17H12N2O5S. The number of nitro benzene ring substituents is 1. The van der Waals surface area contributed by atoms with Gasteiger partial charge in [-0.25, -0.2) is 9.78 Å². The van der Waals surface area contributed by atoms with Gasteiger partial charge < -0.3 is 9.84 Å². The second-order valence-electron chi connectivity index (χ2n) is 5.02. The summed E-state index contributed by atoms with van der Waals surface area (Å²) in [4.78, 5) is 26.0. The van der Waals surface area contributed by atoms with Gasteiger partial charge in [0, 0.05) is 23.1 Å². The summed E-state index contributed by atoms with van der Waals surface area (Å²) in [5, 5.41) is 22.4. The van der Waals surface area contributed by atoms with Crippen LogP contribution in [0.4, 0.5) is 5.69 Å². The normalized spacial score (nSPS) is 10.4. The van der Waals surface area contributed by atoms with Gasteiger partial charge in [0.25, 0.3) is 5.69 Å². The molecule has 0 atom stereocenters. The van der Waals surface area contributed by atoms with Crippen molar-refractivity contribution in [2.24, 2.45) is 0 Å². The first-order valence-electron chi connectivity index (χ1n) is 7.19. The molecule has 0 amide bonds. The Balaban J connectivity index is 1.76. The lowest BCUT2D eigenvalue weighted by Gasteiger charge is -2.06. The predicted molar refractivity (Wildman–Crippen MR) is 91.9 cm³/mol. The Kier molecular flexibility index (Phi) is 4.71. The molecule has 0 aliphatic heterocycles. The number of nitrogens with zero attached hydrogens (tertiary/aromatic N) is 2. The highest BCUT2D eigenvalue weighted by atomic mass is 32.1. The number of aromatic carboxylic acids is 1. The van der Waals surface area contributed by atoms with E-state index in [-0.39, 0.29) is 23.6 Å². The molecule has 25 heavy (non-hydrogen) atoms. The molecule has 0 saturated heterocycles. The first-order valence-corrected chi connectivity index (χ1v) is 8.07. The summed E-state index contributed by atoms with van der Waals surface area (Å²) >= 11 is 1.34. The average Bonchev–Trinajstić information content (AvgIpc) is 3.09. The second kappa shape index (κ2) is 7.10. The minimum Gasteiger partial charge on any atom is -0.486 e. The van der Waals surface area contributed by atoms with E-state index in [1.54, 1.807) is 35.7 Å². The molecule has 1 heterocycles. The number of ether oxygens (including phenoxy) is 1. The van der Waals surface area contributed by atoms with Gasteiger partial charge in [-0.3, -0.25) is 10.1 Å². The van der Waals surface area contributed by atoms with Gasteiger partial charge >= 0.3 is 5.97 Å². The van der Waals surface area contributed by atoms with E-state index in [0.29, 0.717) is 16.3 Å². The number of aromatic nitrogens is 1. The van der Waals surface area contributed by atoms with Gasteiger partial charge in [0.15, 0.2) is 0 Å². The number of hydrogen-bond acceptors (Lipinski definition) is 6. The number of carboxylic acid groups (broad SMARTS) is 1. The third-order valence-electron chi connectivity index (χ3n) is 3.37. The summed E-state index contributed by atoms with van der Waals surface area (Å²) in [6.07, 6.45) is 0. The molecule has 126 valence electrons. The first-order chi connectivity index (χ1) is 12.0. The summed E-state index contributed by atoms with van der Waals surface area (Å²) in [6.45, 7) is 0.115. The van der Waals surface area contributed by atoms with Crippen molar-refractivity contribution >= 4 is 23.0 Å². The van der Waals surface area contributed by atoms with Crippen LogP contribution in [-0.4, -0.2) is 21.0 Å². The number of carboxylic acids is 1. The molecular weight excluding hydrogens is 344 g/mol. The van der Waals surface area contributed by atoms with Crippen LogP contribution in [0.5, 0.6) is 5.75 Å². The van der Waals surface area contributed by atoms with Gasteiger partial charge in [-0.2, -0.15) is 0 Å². The highest BCUT2D eigenvalue weighted by Gasteiger charge is 2.13. The van der Waals surface area contributed by atoms with E-state index in [9.17, 15) is 14.9 Å². The van der Waals surface area contributed by atoms with Crippen LogP contribution in [0.3, 0.4) is 0 Å². The topological polar surface area (TPSA) is 103 Å². The Hall–Kier alpha value is -3.26. The largest absolute Gasteiger partial charge is 0.486 e. The fourth-order valence-electron chi connectivity index (χ4n) is 2.20. The van der Waals surface area contributed by atoms with E-state index in [2.05, 4.69) is 4.98 Å². The smallest absolute Gasteiger partial charge is 0.339 e. The standard InChI is InChI=1S/C17H12N2O5S/c20-17(21)13-6-1-2-7-15(13)24-9-16-18-14(10-25-16)11-4-3-5-12(8-11)19(22)23/h1-8,10H,9H2,(H,20,21). The van der Waals surface area contributed by atoms with Gasteiger partial charge in [-0.15, -0.1) is 11.3 Å². The maximum Gasteiger partial charge on any atom is 0.339 e. The molecule has 3 rings (SSSR count). The van der Waals surface area contributed by atoms with Gasteiger partial charge in [-0.1, -0.05) is 24.3 Å². The van der Waals surface area contributed by atoms with Crippen molar-refractivity contribution in [2.45, 2.75) is 6.61 Å². The Morgan fingerprint density at radius 2 is 2.04 bits per heavy atom. The van der Waals surface area contributed by atoms with Crippen molar-refractivity contribution in [2.75, 3.05) is 0 Å². The van der Waals surface area contributed by atoms with Crippen molar-refractivity contribution in [3.05, 3.63) is 74.6 Å². The molecule has 1 aromatic heterocycles. The van der Waals surface area contributed by atoms with E-state index in [1.807, 2.05) is 0 Å². The number of hydrogen-bond donors (Lipinski definition) is 1. The van der Waals surface area contributed by atoms with E-state index in [0.717, 1.165) is 0 Å². The van der Waals surface area contributed by atoms with Crippen LogP contribution in [0.15, 0.2) is 53.9 Å². The molecule has 2 aromatic carbocycles. The number of benzene rings is 2. The van der Waals surface area contributed by atoms with E-state index >= 15 is 0 Å². The molecule has 0 saturated carbocycles. The Morgan fingerprint density at radius 1 is 1.24 bits per heavy atom. The number of rotatable bonds is 6. The highest BCUT2D eigenvalue weighted by molar-refractivity contribution is 7.09. The Labute approximate surface area is 146 Å². The SMILES string of the molecule is O=C(O)c1ccccc1OCc1nc(-c2cccc([N+](=O)[O-])c2)cs1. The Morgan fingerprint density at radius 3 is 2.80 bits per heavy atom. The summed E-state index contributed by atoms with van der Waals surface area (Å²) in [5.41, 5.74) is 1.33. The fraction of sp³-hybridized carbons (Fsp3) is 0.0588. The van der Waals surface area contributed by atoms with Gasteiger partial charge in [0.1, 0.15) is 22.9 Å². The lowest BCUT2D eigenvalue weighted by molar-refractivity contribution is -0.384. The van der Waals surface area contributed by atoms with Crippen LogP contribution < -0.4 is 4.74 Å². The lowest BCUT2D eigenvalue weighted by Crippen LogP contribution is -2.03. The summed E-state index contributed by atoms with van der Waals surface area (Å²) < 4.78 is 5.55. The number of nitro groups is 1. The second-order valence-corrected chi connectivity index (χ2v) is 5.97. The highest BCUT2D eigenvalue weighted by Crippen LogP contribution is 2.26. The number of thiazole rings is 1.